The smallest absolute Gasteiger partial charge is 0.456 e. The molecule has 0 spiro atoms. The highest BCUT2D eigenvalue weighted by atomic mass is 28.4. The molecule has 1 rings (SSSR count). The minimum Gasteiger partial charge on any atom is -0.517 e. The second kappa shape index (κ2) is 21.4. The lowest BCUT2D eigenvalue weighted by Crippen LogP contribution is -2.37. The molecule has 1 aromatic rings. The van der Waals surface area contributed by atoms with Gasteiger partial charge in [-0.15, -0.1) is 0 Å². The van der Waals surface area contributed by atoms with Gasteiger partial charge in [0.15, 0.2) is 0 Å². The molecular formula is C44H86O4Si2. The molecule has 294 valence electrons. The maximum atomic E-state index is 6.11. The Balaban J connectivity index is -0.00000264. The van der Waals surface area contributed by atoms with Crippen molar-refractivity contribution in [2.24, 2.45) is 10.8 Å². The molecule has 0 heterocycles. The zero-order chi connectivity index (χ0) is 35.8. The van der Waals surface area contributed by atoms with Crippen LogP contribution in [0, 0.1) is 10.8 Å². The van der Waals surface area contributed by atoms with Gasteiger partial charge in [0.2, 0.25) is 0 Å². The Kier molecular flexibility index (Phi) is 23.3. The predicted octanol–water partition coefficient (Wildman–Crippen LogP) is 15.5. The average Bonchev–Trinajstić information content (AvgIpc) is 2.80. The second-order valence-corrected chi connectivity index (χ2v) is 23.6. The molecule has 0 N–H and O–H groups in total. The summed E-state index contributed by atoms with van der Waals surface area (Å²) >= 11 is 0. The van der Waals surface area contributed by atoms with E-state index in [0.29, 0.717) is 23.0 Å². The van der Waals surface area contributed by atoms with Crippen molar-refractivity contribution in [2.45, 2.75) is 187 Å². The predicted molar refractivity (Wildman–Crippen MR) is 231 cm³/mol. The molecule has 0 aliphatic rings. The lowest BCUT2D eigenvalue weighted by molar-refractivity contribution is 0.226. The van der Waals surface area contributed by atoms with Gasteiger partial charge in [-0.2, -0.15) is 0 Å². The van der Waals surface area contributed by atoms with Crippen molar-refractivity contribution in [3.63, 3.8) is 0 Å². The van der Waals surface area contributed by atoms with Gasteiger partial charge in [0.1, 0.15) is 0 Å². The average molecular weight is 735 g/mol. The minimum absolute atomic E-state index is 0. The molecule has 0 atom stereocenters. The Bertz CT molecular complexity index is 1070. The van der Waals surface area contributed by atoms with Crippen LogP contribution in [0.5, 0.6) is 0 Å². The molecule has 0 fully saturated rings. The molecule has 0 aliphatic heterocycles. The Hall–Kier alpha value is -2.19. The van der Waals surface area contributed by atoms with Crippen molar-refractivity contribution in [1.82, 2.24) is 0 Å². The van der Waals surface area contributed by atoms with Crippen molar-refractivity contribution in [2.75, 3.05) is 0 Å². The van der Waals surface area contributed by atoms with Gasteiger partial charge in [-0.05, 0) is 99.0 Å². The highest BCUT2D eigenvalue weighted by Crippen LogP contribution is 2.43. The van der Waals surface area contributed by atoms with Gasteiger partial charge in [0, 0.05) is 25.2 Å². The summed E-state index contributed by atoms with van der Waals surface area (Å²) in [5.41, 5.74) is 3.27. The SMILES string of the molecule is C.C.C.C.C=C(C)O[Si](C)(CCCC(C)(C)CC(C)(C)c1ccc(C(C)(C)CC(C)(C)CCC[Si](C)(OC(=C)C)OC(=C)C)cc1)OC(=C)C. The standard InChI is InChI=1S/C40H70O4Si2.4CH4/c1-31(2)41-45(17,42-32(3)4)27-19-25-37(9,10)29-39(13,14)35-21-23-36(24-22-35)40(15,16)30-38(11,12)26-20-28-46(18,43-33(5)6)44-34(7)8;;;;/h21-24H,1,3,5,7,19-20,25-30H2,2,4,6,8-18H3;4*1H4. The summed E-state index contributed by atoms with van der Waals surface area (Å²) in [5, 5.41) is 0. The van der Waals surface area contributed by atoms with Crippen LogP contribution < -0.4 is 0 Å². The first kappa shape index (κ1) is 54.6. The Morgan fingerprint density at radius 3 is 0.920 bits per heavy atom. The Morgan fingerprint density at radius 2 is 0.720 bits per heavy atom. The van der Waals surface area contributed by atoms with Crippen molar-refractivity contribution in [3.05, 3.63) is 84.7 Å². The summed E-state index contributed by atoms with van der Waals surface area (Å²) < 4.78 is 24.4. The topological polar surface area (TPSA) is 36.9 Å². The molecule has 0 aliphatic carbocycles. The molecule has 0 unspecified atom stereocenters. The van der Waals surface area contributed by atoms with Crippen molar-refractivity contribution in [3.8, 4) is 0 Å². The third kappa shape index (κ3) is 20.0. The number of hydrogen-bond acceptors (Lipinski definition) is 4. The Labute approximate surface area is 316 Å². The molecule has 1 aromatic carbocycles. The molecule has 4 nitrogen and oxygen atoms in total. The molecule has 0 radical (unpaired) electrons. The van der Waals surface area contributed by atoms with E-state index in [1.165, 1.54) is 11.1 Å². The summed E-state index contributed by atoms with van der Waals surface area (Å²) in [6, 6.07) is 11.3. The van der Waals surface area contributed by atoms with Gasteiger partial charge in [-0.25, -0.2) is 0 Å². The first-order valence-electron chi connectivity index (χ1n) is 17.2. The summed E-state index contributed by atoms with van der Waals surface area (Å²) in [4.78, 5) is 0. The number of rotatable bonds is 22. The van der Waals surface area contributed by atoms with Crippen LogP contribution in [0.4, 0.5) is 0 Å². The fourth-order valence-corrected chi connectivity index (χ4v) is 12.7. The fourth-order valence-electron chi connectivity index (χ4n) is 7.64. The summed E-state index contributed by atoms with van der Waals surface area (Å²) in [7, 11) is -4.77. The lowest BCUT2D eigenvalue weighted by atomic mass is 9.68. The summed E-state index contributed by atoms with van der Waals surface area (Å²) in [6.45, 7) is 46.8. The molecule has 50 heavy (non-hydrogen) atoms. The van der Waals surface area contributed by atoms with Crippen LogP contribution in [-0.4, -0.2) is 17.1 Å². The molecular weight excluding hydrogens is 649 g/mol. The van der Waals surface area contributed by atoms with Crippen LogP contribution in [-0.2, 0) is 28.5 Å². The summed E-state index contributed by atoms with van der Waals surface area (Å²) in [5.74, 6) is 2.87. The quantitative estimate of drug-likeness (QED) is 0.0878. The minimum atomic E-state index is -2.38. The fraction of sp³-hybridized carbons (Fsp3) is 0.682. The Morgan fingerprint density at radius 1 is 0.500 bits per heavy atom. The highest BCUT2D eigenvalue weighted by Gasteiger charge is 2.39. The molecule has 0 bridgehead atoms. The van der Waals surface area contributed by atoms with E-state index in [-0.39, 0.29) is 51.4 Å². The van der Waals surface area contributed by atoms with Gasteiger partial charge < -0.3 is 17.7 Å². The lowest BCUT2D eigenvalue weighted by Gasteiger charge is -2.38. The van der Waals surface area contributed by atoms with Crippen LogP contribution in [0.25, 0.3) is 0 Å². The maximum absolute atomic E-state index is 6.11. The van der Waals surface area contributed by atoms with Gasteiger partial charge in [0.05, 0.1) is 23.0 Å². The van der Waals surface area contributed by atoms with Gasteiger partial charge in [-0.1, -0.05) is 136 Å². The molecule has 0 saturated heterocycles. The van der Waals surface area contributed by atoms with Crippen LogP contribution in [0.3, 0.4) is 0 Å². The number of allylic oxidation sites excluding steroid dienone is 4. The molecule has 0 amide bonds. The highest BCUT2D eigenvalue weighted by molar-refractivity contribution is 6.67. The van der Waals surface area contributed by atoms with E-state index in [4.69, 9.17) is 17.7 Å². The second-order valence-electron chi connectivity index (χ2n) is 17.2. The monoisotopic (exact) mass is 735 g/mol. The van der Waals surface area contributed by atoms with Crippen LogP contribution >= 0.6 is 0 Å². The zero-order valence-electron chi connectivity index (χ0n) is 32.4. The summed E-state index contributed by atoms with van der Waals surface area (Å²) in [6.07, 6.45) is 6.53. The third-order valence-electron chi connectivity index (χ3n) is 8.82. The third-order valence-corrected chi connectivity index (χ3v) is 14.5. The van der Waals surface area contributed by atoms with E-state index in [1.807, 2.05) is 27.7 Å². The van der Waals surface area contributed by atoms with E-state index in [0.717, 1.165) is 50.6 Å². The zero-order valence-corrected chi connectivity index (χ0v) is 34.4. The van der Waals surface area contributed by atoms with Crippen molar-refractivity contribution < 1.29 is 17.7 Å². The first-order valence-corrected chi connectivity index (χ1v) is 22.2. The molecule has 0 aromatic heterocycles. The van der Waals surface area contributed by atoms with Gasteiger partial charge in [0.25, 0.3) is 0 Å². The van der Waals surface area contributed by atoms with Crippen LogP contribution in [0.15, 0.2) is 73.6 Å². The first-order chi connectivity index (χ1) is 20.7. The van der Waals surface area contributed by atoms with Crippen molar-refractivity contribution in [1.29, 1.82) is 0 Å². The molecule has 6 heteroatoms. The van der Waals surface area contributed by atoms with Crippen molar-refractivity contribution >= 4 is 17.1 Å². The molecule has 0 saturated carbocycles. The van der Waals surface area contributed by atoms with E-state index < -0.39 is 17.1 Å². The number of benzene rings is 1. The largest absolute Gasteiger partial charge is 0.517 e. The maximum Gasteiger partial charge on any atom is 0.456 e. The number of hydrogen-bond donors (Lipinski definition) is 0. The normalized spacial score (nSPS) is 12.1. The van der Waals surface area contributed by atoms with Crippen LogP contribution in [0.2, 0.25) is 25.2 Å². The van der Waals surface area contributed by atoms with E-state index >= 15 is 0 Å². The van der Waals surface area contributed by atoms with Gasteiger partial charge in [-0.3, -0.25) is 0 Å². The van der Waals surface area contributed by atoms with E-state index in [1.54, 1.807) is 0 Å². The van der Waals surface area contributed by atoms with E-state index in [2.05, 4.69) is 119 Å². The van der Waals surface area contributed by atoms with E-state index in [9.17, 15) is 0 Å². The van der Waals surface area contributed by atoms with Gasteiger partial charge >= 0.3 is 17.1 Å². The van der Waals surface area contributed by atoms with Crippen LogP contribution in [0.1, 0.15) is 162 Å².